The van der Waals surface area contributed by atoms with Crippen molar-refractivity contribution in [2.24, 2.45) is 17.1 Å². The number of fused-ring (bicyclic) bond motifs is 2. The number of ether oxygens (including phenoxy) is 1. The van der Waals surface area contributed by atoms with Gasteiger partial charge in [0.2, 0.25) is 0 Å². The summed E-state index contributed by atoms with van der Waals surface area (Å²) in [7, 11) is 0. The van der Waals surface area contributed by atoms with Crippen molar-refractivity contribution in [3.63, 3.8) is 0 Å². The molecule has 3 nitrogen and oxygen atoms in total. The Bertz CT molecular complexity index is 254. The van der Waals surface area contributed by atoms with Crippen LogP contribution in [0.1, 0.15) is 38.5 Å². The molecule has 1 saturated carbocycles. The second kappa shape index (κ2) is 3.44. The monoisotopic (exact) mass is 211 g/mol. The number of rotatable bonds is 3. The summed E-state index contributed by atoms with van der Waals surface area (Å²) in [4.78, 5) is 0. The van der Waals surface area contributed by atoms with Crippen molar-refractivity contribution >= 4 is 0 Å². The predicted molar refractivity (Wildman–Crippen MR) is 57.3 cm³/mol. The van der Waals surface area contributed by atoms with Gasteiger partial charge in [-0.25, -0.2) is 0 Å². The minimum absolute atomic E-state index is 0.103. The van der Waals surface area contributed by atoms with Crippen molar-refractivity contribution in [2.75, 3.05) is 6.54 Å². The maximum Gasteiger partial charge on any atom is 0.0674 e. The van der Waals surface area contributed by atoms with E-state index >= 15 is 0 Å². The standard InChI is InChI=1S/C12H21NO2/c13-7-12(11(14)8-2-1-3-8)6-9-4-5-10(12)15-9/h8-11,14H,1-7,13H2. The lowest BCUT2D eigenvalue weighted by Crippen LogP contribution is -2.53. The van der Waals surface area contributed by atoms with Crippen molar-refractivity contribution in [3.8, 4) is 0 Å². The van der Waals surface area contributed by atoms with Crippen LogP contribution in [0.3, 0.4) is 0 Å². The fourth-order valence-corrected chi connectivity index (χ4v) is 3.71. The lowest BCUT2D eigenvalue weighted by Gasteiger charge is -2.44. The van der Waals surface area contributed by atoms with Crippen LogP contribution in [-0.4, -0.2) is 30.0 Å². The van der Waals surface area contributed by atoms with E-state index in [1.54, 1.807) is 0 Å². The molecule has 0 aromatic carbocycles. The first-order valence-corrected chi connectivity index (χ1v) is 6.30. The zero-order valence-corrected chi connectivity index (χ0v) is 9.19. The van der Waals surface area contributed by atoms with E-state index in [-0.39, 0.29) is 17.6 Å². The molecule has 0 spiro atoms. The summed E-state index contributed by atoms with van der Waals surface area (Å²) in [5.41, 5.74) is 5.83. The summed E-state index contributed by atoms with van der Waals surface area (Å²) in [6.45, 7) is 0.589. The molecule has 3 aliphatic rings. The lowest BCUT2D eigenvalue weighted by molar-refractivity contribution is -0.0734. The molecule has 2 heterocycles. The van der Waals surface area contributed by atoms with Gasteiger partial charge >= 0.3 is 0 Å². The summed E-state index contributed by atoms with van der Waals surface area (Å²) in [5, 5.41) is 10.5. The molecule has 0 amide bonds. The summed E-state index contributed by atoms with van der Waals surface area (Å²) in [6, 6.07) is 0. The summed E-state index contributed by atoms with van der Waals surface area (Å²) in [5.74, 6) is 0.497. The topological polar surface area (TPSA) is 55.5 Å². The first-order valence-electron chi connectivity index (χ1n) is 6.30. The second-order valence-electron chi connectivity index (χ2n) is 5.60. The highest BCUT2D eigenvalue weighted by atomic mass is 16.5. The van der Waals surface area contributed by atoms with Crippen LogP contribution in [0.2, 0.25) is 0 Å². The molecule has 4 unspecified atom stereocenters. The zero-order valence-electron chi connectivity index (χ0n) is 9.19. The Morgan fingerprint density at radius 2 is 2.13 bits per heavy atom. The van der Waals surface area contributed by atoms with E-state index in [9.17, 15) is 5.11 Å². The van der Waals surface area contributed by atoms with Crippen LogP contribution in [0.25, 0.3) is 0 Å². The van der Waals surface area contributed by atoms with Crippen molar-refractivity contribution in [3.05, 3.63) is 0 Å². The molecule has 3 heteroatoms. The second-order valence-corrected chi connectivity index (χ2v) is 5.60. The first-order chi connectivity index (χ1) is 7.26. The summed E-state index contributed by atoms with van der Waals surface area (Å²) < 4.78 is 5.88. The minimum atomic E-state index is -0.216. The van der Waals surface area contributed by atoms with E-state index < -0.39 is 0 Å². The number of nitrogens with two attached hydrogens (primary N) is 1. The average Bonchev–Trinajstić information content (AvgIpc) is 2.74. The number of aliphatic hydroxyl groups excluding tert-OH is 1. The van der Waals surface area contributed by atoms with E-state index in [4.69, 9.17) is 10.5 Å². The van der Waals surface area contributed by atoms with E-state index in [1.165, 1.54) is 25.7 Å². The molecular formula is C12H21NO2. The Hall–Kier alpha value is -0.120. The fraction of sp³-hybridized carbons (Fsp3) is 1.00. The highest BCUT2D eigenvalue weighted by Gasteiger charge is 2.57. The lowest BCUT2D eigenvalue weighted by atomic mass is 9.63. The van der Waals surface area contributed by atoms with Crippen LogP contribution < -0.4 is 5.73 Å². The van der Waals surface area contributed by atoms with E-state index in [1.807, 2.05) is 0 Å². The van der Waals surface area contributed by atoms with Gasteiger partial charge in [-0.1, -0.05) is 6.42 Å². The Morgan fingerprint density at radius 3 is 2.53 bits per heavy atom. The van der Waals surface area contributed by atoms with Gasteiger partial charge < -0.3 is 15.6 Å². The molecule has 4 atom stereocenters. The third kappa shape index (κ3) is 1.30. The van der Waals surface area contributed by atoms with Crippen molar-refractivity contribution in [1.82, 2.24) is 0 Å². The molecule has 2 saturated heterocycles. The van der Waals surface area contributed by atoms with E-state index in [2.05, 4.69) is 0 Å². The molecule has 3 rings (SSSR count). The van der Waals surface area contributed by atoms with Gasteiger partial charge in [0.25, 0.3) is 0 Å². The van der Waals surface area contributed by atoms with Gasteiger partial charge in [0.05, 0.1) is 18.3 Å². The molecule has 0 aromatic heterocycles. The molecule has 3 fully saturated rings. The molecule has 2 aliphatic heterocycles. The van der Waals surface area contributed by atoms with Gasteiger partial charge in [0.15, 0.2) is 0 Å². The molecular weight excluding hydrogens is 190 g/mol. The molecule has 2 bridgehead atoms. The Balaban J connectivity index is 1.79. The van der Waals surface area contributed by atoms with Crippen LogP contribution in [0.5, 0.6) is 0 Å². The fourth-order valence-electron chi connectivity index (χ4n) is 3.71. The predicted octanol–water partition coefficient (Wildman–Crippen LogP) is 1.04. The van der Waals surface area contributed by atoms with Gasteiger partial charge in [0.1, 0.15) is 0 Å². The molecule has 86 valence electrons. The first kappa shape index (κ1) is 10.1. The van der Waals surface area contributed by atoms with Crippen LogP contribution in [-0.2, 0) is 4.74 Å². The van der Waals surface area contributed by atoms with Crippen molar-refractivity contribution < 1.29 is 9.84 Å². The van der Waals surface area contributed by atoms with Gasteiger partial charge in [-0.05, 0) is 38.0 Å². The van der Waals surface area contributed by atoms with Gasteiger partial charge in [0, 0.05) is 12.0 Å². The maximum absolute atomic E-state index is 10.5. The van der Waals surface area contributed by atoms with Crippen LogP contribution in [0.4, 0.5) is 0 Å². The highest BCUT2D eigenvalue weighted by Crippen LogP contribution is 2.52. The Labute approximate surface area is 91.0 Å². The van der Waals surface area contributed by atoms with E-state index in [0.717, 1.165) is 12.8 Å². The van der Waals surface area contributed by atoms with Crippen molar-refractivity contribution in [2.45, 2.75) is 56.8 Å². The molecule has 1 aliphatic carbocycles. The highest BCUT2D eigenvalue weighted by molar-refractivity contribution is 5.07. The molecule has 3 N–H and O–H groups in total. The van der Waals surface area contributed by atoms with E-state index in [0.29, 0.717) is 18.6 Å². The Morgan fingerprint density at radius 1 is 1.33 bits per heavy atom. The SMILES string of the molecule is NCC1(C(O)C2CCC2)CC2CCC1O2. The number of aliphatic hydroxyl groups is 1. The molecule has 0 aromatic rings. The third-order valence-electron chi connectivity index (χ3n) is 4.92. The van der Waals surface area contributed by atoms with Crippen LogP contribution >= 0.6 is 0 Å². The summed E-state index contributed by atoms with van der Waals surface area (Å²) >= 11 is 0. The quantitative estimate of drug-likeness (QED) is 0.733. The van der Waals surface area contributed by atoms with Crippen LogP contribution in [0.15, 0.2) is 0 Å². The smallest absolute Gasteiger partial charge is 0.0674 e. The number of hydrogen-bond acceptors (Lipinski definition) is 3. The maximum atomic E-state index is 10.5. The Kier molecular flexibility index (Phi) is 2.31. The van der Waals surface area contributed by atoms with Crippen molar-refractivity contribution in [1.29, 1.82) is 0 Å². The minimum Gasteiger partial charge on any atom is -0.392 e. The van der Waals surface area contributed by atoms with Crippen LogP contribution in [0, 0.1) is 11.3 Å². The van der Waals surface area contributed by atoms with Gasteiger partial charge in [-0.2, -0.15) is 0 Å². The zero-order chi connectivity index (χ0) is 10.5. The third-order valence-corrected chi connectivity index (χ3v) is 4.92. The molecule has 15 heavy (non-hydrogen) atoms. The largest absolute Gasteiger partial charge is 0.392 e. The number of hydrogen-bond donors (Lipinski definition) is 2. The normalized spacial score (nSPS) is 46.8. The average molecular weight is 211 g/mol. The summed E-state index contributed by atoms with van der Waals surface area (Å²) in [6.07, 6.45) is 7.31. The van der Waals surface area contributed by atoms with Gasteiger partial charge in [-0.3, -0.25) is 0 Å². The molecule has 0 radical (unpaired) electrons. The van der Waals surface area contributed by atoms with Gasteiger partial charge in [-0.15, -0.1) is 0 Å².